The summed E-state index contributed by atoms with van der Waals surface area (Å²) in [6, 6.07) is 8.68. The van der Waals surface area contributed by atoms with Crippen molar-refractivity contribution in [2.45, 2.75) is 39.5 Å². The average molecular weight is 345 g/mol. The number of nitrogens with zero attached hydrogens (tertiary/aromatic N) is 2. The Hall–Kier alpha value is -1.88. The summed E-state index contributed by atoms with van der Waals surface area (Å²) in [4.78, 5) is 10.1. The van der Waals surface area contributed by atoms with Gasteiger partial charge in [0.05, 0.1) is 5.01 Å². The standard InChI is InChI=1S/C19H28N4S/c1-5-17-13-22-18(24-17)9-10-21-19(20-4)23-12-15(3)16-8-6-7-14(2)11-16/h6-8,11,13,15H,5,9-10,12H2,1-4H3,(H2,20,21,23). The van der Waals surface area contributed by atoms with E-state index in [4.69, 9.17) is 0 Å². The van der Waals surface area contributed by atoms with Crippen molar-refractivity contribution < 1.29 is 0 Å². The van der Waals surface area contributed by atoms with Gasteiger partial charge in [-0.15, -0.1) is 11.3 Å². The van der Waals surface area contributed by atoms with Crippen molar-refractivity contribution in [2.24, 2.45) is 4.99 Å². The minimum absolute atomic E-state index is 0.439. The maximum atomic E-state index is 4.45. The molecule has 1 heterocycles. The van der Waals surface area contributed by atoms with Crippen molar-refractivity contribution in [3.8, 4) is 0 Å². The van der Waals surface area contributed by atoms with Crippen LogP contribution in [0.3, 0.4) is 0 Å². The summed E-state index contributed by atoms with van der Waals surface area (Å²) in [6.07, 6.45) is 3.97. The molecule has 2 N–H and O–H groups in total. The van der Waals surface area contributed by atoms with Crippen LogP contribution >= 0.6 is 11.3 Å². The fourth-order valence-electron chi connectivity index (χ4n) is 2.48. The number of thiazole rings is 1. The SMILES string of the molecule is CCc1cnc(CCNC(=NC)NCC(C)c2cccc(C)c2)s1. The zero-order chi connectivity index (χ0) is 17.4. The van der Waals surface area contributed by atoms with Gasteiger partial charge in [-0.3, -0.25) is 4.99 Å². The maximum Gasteiger partial charge on any atom is 0.191 e. The first kappa shape index (κ1) is 18.5. The van der Waals surface area contributed by atoms with Crippen LogP contribution in [0.1, 0.15) is 40.8 Å². The highest BCUT2D eigenvalue weighted by Crippen LogP contribution is 2.15. The number of aromatic nitrogens is 1. The molecule has 4 nitrogen and oxygen atoms in total. The number of aliphatic imine (C=N–C) groups is 1. The van der Waals surface area contributed by atoms with E-state index in [0.29, 0.717) is 5.92 Å². The molecule has 130 valence electrons. The number of nitrogens with one attached hydrogen (secondary N) is 2. The Kier molecular flexibility index (Phi) is 7.25. The van der Waals surface area contributed by atoms with Crippen LogP contribution in [0.25, 0.3) is 0 Å². The molecule has 1 atom stereocenters. The van der Waals surface area contributed by atoms with Crippen LogP contribution in [0.4, 0.5) is 0 Å². The molecule has 2 aromatic rings. The maximum absolute atomic E-state index is 4.45. The largest absolute Gasteiger partial charge is 0.356 e. The van der Waals surface area contributed by atoms with Crippen molar-refractivity contribution in [2.75, 3.05) is 20.1 Å². The van der Waals surface area contributed by atoms with Gasteiger partial charge in [0.15, 0.2) is 5.96 Å². The Bertz CT molecular complexity index is 663. The van der Waals surface area contributed by atoms with Gasteiger partial charge in [-0.25, -0.2) is 4.98 Å². The smallest absolute Gasteiger partial charge is 0.191 e. The fourth-order valence-corrected chi connectivity index (χ4v) is 3.34. The molecule has 24 heavy (non-hydrogen) atoms. The predicted octanol–water partition coefficient (Wildman–Crippen LogP) is 3.53. The van der Waals surface area contributed by atoms with Gasteiger partial charge >= 0.3 is 0 Å². The quantitative estimate of drug-likeness (QED) is 0.597. The van der Waals surface area contributed by atoms with Gasteiger partial charge in [-0.1, -0.05) is 43.7 Å². The molecule has 0 aliphatic rings. The third-order valence-corrected chi connectivity index (χ3v) is 5.19. The number of guanidine groups is 1. The van der Waals surface area contributed by atoms with Gasteiger partial charge in [0.2, 0.25) is 0 Å². The lowest BCUT2D eigenvalue weighted by molar-refractivity contribution is 0.697. The summed E-state index contributed by atoms with van der Waals surface area (Å²) in [5.41, 5.74) is 2.66. The van der Waals surface area contributed by atoms with Crippen LogP contribution in [0.5, 0.6) is 0 Å². The summed E-state index contributed by atoms with van der Waals surface area (Å²) in [5.74, 6) is 1.29. The van der Waals surface area contributed by atoms with Gasteiger partial charge in [0, 0.05) is 37.6 Å². The molecule has 0 spiro atoms. The van der Waals surface area contributed by atoms with E-state index in [1.54, 1.807) is 11.3 Å². The Morgan fingerprint density at radius 2 is 2.17 bits per heavy atom. The second-order valence-electron chi connectivity index (χ2n) is 6.02. The third kappa shape index (κ3) is 5.64. The second-order valence-corrected chi connectivity index (χ2v) is 7.22. The number of hydrogen-bond acceptors (Lipinski definition) is 3. The van der Waals surface area contributed by atoms with E-state index in [1.165, 1.54) is 21.0 Å². The highest BCUT2D eigenvalue weighted by molar-refractivity contribution is 7.11. The van der Waals surface area contributed by atoms with Crippen molar-refractivity contribution in [1.82, 2.24) is 15.6 Å². The zero-order valence-corrected chi connectivity index (χ0v) is 15.9. The van der Waals surface area contributed by atoms with E-state index >= 15 is 0 Å². The molecule has 0 aliphatic carbocycles. The monoisotopic (exact) mass is 344 g/mol. The normalized spacial score (nSPS) is 12.9. The van der Waals surface area contributed by atoms with Gasteiger partial charge in [-0.2, -0.15) is 0 Å². The first-order chi connectivity index (χ1) is 11.6. The van der Waals surface area contributed by atoms with Gasteiger partial charge in [-0.05, 0) is 24.8 Å². The van der Waals surface area contributed by atoms with Crippen LogP contribution in [-0.2, 0) is 12.8 Å². The minimum Gasteiger partial charge on any atom is -0.356 e. The first-order valence-electron chi connectivity index (χ1n) is 8.57. The highest BCUT2D eigenvalue weighted by atomic mass is 32.1. The number of hydrogen-bond donors (Lipinski definition) is 2. The number of rotatable bonds is 7. The van der Waals surface area contributed by atoms with Crippen molar-refractivity contribution in [3.63, 3.8) is 0 Å². The van der Waals surface area contributed by atoms with Gasteiger partial charge in [0.1, 0.15) is 0 Å². The van der Waals surface area contributed by atoms with E-state index in [-0.39, 0.29) is 0 Å². The molecule has 5 heteroatoms. The van der Waals surface area contributed by atoms with Crippen molar-refractivity contribution >= 4 is 17.3 Å². The van der Waals surface area contributed by atoms with E-state index in [0.717, 1.165) is 31.9 Å². The summed E-state index contributed by atoms with van der Waals surface area (Å²) in [5, 5.41) is 7.96. The van der Waals surface area contributed by atoms with Crippen molar-refractivity contribution in [1.29, 1.82) is 0 Å². The van der Waals surface area contributed by atoms with Crippen LogP contribution < -0.4 is 10.6 Å². The highest BCUT2D eigenvalue weighted by Gasteiger charge is 2.07. The zero-order valence-electron chi connectivity index (χ0n) is 15.1. The fraction of sp³-hybridized carbons (Fsp3) is 0.474. The molecule has 0 aliphatic heterocycles. The van der Waals surface area contributed by atoms with E-state index < -0.39 is 0 Å². The third-order valence-electron chi connectivity index (χ3n) is 3.99. The topological polar surface area (TPSA) is 49.3 Å². The molecule has 0 radical (unpaired) electrons. The lowest BCUT2D eigenvalue weighted by Crippen LogP contribution is -2.39. The van der Waals surface area contributed by atoms with Crippen molar-refractivity contribution in [3.05, 3.63) is 51.5 Å². The van der Waals surface area contributed by atoms with Crippen LogP contribution in [0.2, 0.25) is 0 Å². The van der Waals surface area contributed by atoms with Crippen LogP contribution in [0.15, 0.2) is 35.5 Å². The summed E-state index contributed by atoms with van der Waals surface area (Å²) >= 11 is 1.80. The molecule has 0 saturated heterocycles. The minimum atomic E-state index is 0.439. The molecule has 1 aromatic heterocycles. The van der Waals surface area contributed by atoms with E-state index in [2.05, 4.69) is 65.6 Å². The Morgan fingerprint density at radius 1 is 1.33 bits per heavy atom. The Labute approximate surface area is 149 Å². The van der Waals surface area contributed by atoms with E-state index in [1.807, 2.05) is 13.2 Å². The summed E-state index contributed by atoms with van der Waals surface area (Å²) in [7, 11) is 1.81. The van der Waals surface area contributed by atoms with Crippen LogP contribution in [0, 0.1) is 6.92 Å². The number of aryl methyl sites for hydroxylation is 2. The summed E-state index contributed by atoms with van der Waals surface area (Å²) in [6.45, 7) is 8.23. The predicted molar refractivity (Wildman–Crippen MR) is 104 cm³/mol. The molecule has 0 fully saturated rings. The first-order valence-corrected chi connectivity index (χ1v) is 9.38. The molecule has 1 unspecified atom stereocenters. The average Bonchev–Trinajstić information content (AvgIpc) is 3.05. The Morgan fingerprint density at radius 3 is 2.83 bits per heavy atom. The van der Waals surface area contributed by atoms with Gasteiger partial charge in [0.25, 0.3) is 0 Å². The molecule has 0 amide bonds. The molecular formula is C19H28N4S. The van der Waals surface area contributed by atoms with E-state index in [9.17, 15) is 0 Å². The van der Waals surface area contributed by atoms with Gasteiger partial charge < -0.3 is 10.6 Å². The molecule has 0 bridgehead atoms. The molecule has 1 aromatic carbocycles. The summed E-state index contributed by atoms with van der Waals surface area (Å²) < 4.78 is 0. The molecule has 2 rings (SSSR count). The lowest BCUT2D eigenvalue weighted by Gasteiger charge is -2.16. The second kappa shape index (κ2) is 9.42. The lowest BCUT2D eigenvalue weighted by atomic mass is 9.99. The van der Waals surface area contributed by atoms with Crippen LogP contribution in [-0.4, -0.2) is 31.1 Å². The number of benzene rings is 1. The Balaban J connectivity index is 1.75. The molecule has 0 saturated carbocycles. The molecular weight excluding hydrogens is 316 g/mol.